The van der Waals surface area contributed by atoms with Crippen molar-refractivity contribution in [1.29, 1.82) is 0 Å². The van der Waals surface area contributed by atoms with Crippen LogP contribution in [0.3, 0.4) is 0 Å². The van der Waals surface area contributed by atoms with E-state index in [9.17, 15) is 9.90 Å². The second kappa shape index (κ2) is 5.08. The summed E-state index contributed by atoms with van der Waals surface area (Å²) in [6.07, 6.45) is -0.895. The van der Waals surface area contributed by atoms with Crippen LogP contribution in [-0.4, -0.2) is 21.6 Å². The molecule has 0 radical (unpaired) electrons. The minimum atomic E-state index is -0.895. The molecule has 0 spiro atoms. The lowest BCUT2D eigenvalue weighted by molar-refractivity contribution is 0.0753. The van der Waals surface area contributed by atoms with Crippen molar-refractivity contribution in [2.75, 3.05) is 0 Å². The van der Waals surface area contributed by atoms with Crippen LogP contribution in [0.2, 0.25) is 0 Å². The second-order valence-electron chi connectivity index (χ2n) is 5.05. The molecule has 0 unspecified atom stereocenters. The van der Waals surface area contributed by atoms with E-state index in [-0.39, 0.29) is 6.04 Å². The van der Waals surface area contributed by atoms with E-state index in [1.54, 1.807) is 0 Å². The average molecular weight is 300 g/mol. The molecule has 0 bridgehead atoms. The van der Waals surface area contributed by atoms with Gasteiger partial charge in [-0.3, -0.25) is 4.90 Å². The van der Waals surface area contributed by atoms with Crippen molar-refractivity contribution in [2.45, 2.75) is 39.3 Å². The Morgan fingerprint density at radius 2 is 1.76 bits per heavy atom. The molecule has 0 heterocycles. The number of nitrogens with zero attached hydrogens (tertiary/aromatic N) is 1. The third kappa shape index (κ3) is 3.46. The Kier molecular flexibility index (Phi) is 4.20. The van der Waals surface area contributed by atoms with Gasteiger partial charge in [0.05, 0.1) is 6.04 Å². The lowest BCUT2D eigenvalue weighted by Gasteiger charge is -2.38. The number of carboxylic acid groups (broad SMARTS) is 1. The minimum Gasteiger partial charge on any atom is -0.465 e. The number of hydrogen-bond acceptors (Lipinski definition) is 1. The highest BCUT2D eigenvalue weighted by Gasteiger charge is 2.31. The van der Waals surface area contributed by atoms with Crippen LogP contribution in [0.15, 0.2) is 28.7 Å². The van der Waals surface area contributed by atoms with Crippen LogP contribution >= 0.6 is 15.9 Å². The summed E-state index contributed by atoms with van der Waals surface area (Å²) in [5.74, 6) is 0. The number of rotatable bonds is 2. The molecule has 1 rings (SSSR count). The van der Waals surface area contributed by atoms with E-state index in [1.807, 2.05) is 52.0 Å². The molecule has 1 aromatic carbocycles. The molecule has 0 aliphatic carbocycles. The summed E-state index contributed by atoms with van der Waals surface area (Å²) < 4.78 is 0.992. The van der Waals surface area contributed by atoms with E-state index in [0.29, 0.717) is 0 Å². The highest BCUT2D eigenvalue weighted by molar-refractivity contribution is 9.10. The van der Waals surface area contributed by atoms with Gasteiger partial charge in [-0.1, -0.05) is 28.1 Å². The first kappa shape index (κ1) is 14.0. The molecule has 1 atom stereocenters. The summed E-state index contributed by atoms with van der Waals surface area (Å²) in [5, 5.41) is 9.31. The monoisotopic (exact) mass is 299 g/mol. The summed E-state index contributed by atoms with van der Waals surface area (Å²) in [6.45, 7) is 7.60. The molecule has 0 aromatic heterocycles. The molecule has 1 amide bonds. The quantitative estimate of drug-likeness (QED) is 0.885. The van der Waals surface area contributed by atoms with E-state index >= 15 is 0 Å². The summed E-state index contributed by atoms with van der Waals surface area (Å²) in [4.78, 5) is 12.8. The Morgan fingerprint density at radius 3 is 2.12 bits per heavy atom. The number of benzene rings is 1. The van der Waals surface area contributed by atoms with Gasteiger partial charge in [0, 0.05) is 10.0 Å². The van der Waals surface area contributed by atoms with Gasteiger partial charge in [-0.05, 0) is 45.4 Å². The number of halogens is 1. The van der Waals surface area contributed by atoms with Crippen LogP contribution in [0.25, 0.3) is 0 Å². The molecule has 1 N–H and O–H groups in total. The Bertz CT molecular complexity index is 395. The molecule has 17 heavy (non-hydrogen) atoms. The summed E-state index contributed by atoms with van der Waals surface area (Å²) in [5.41, 5.74) is 0.573. The highest BCUT2D eigenvalue weighted by atomic mass is 79.9. The van der Waals surface area contributed by atoms with Crippen molar-refractivity contribution in [1.82, 2.24) is 4.90 Å². The molecule has 0 aliphatic rings. The van der Waals surface area contributed by atoms with Crippen LogP contribution in [0, 0.1) is 0 Å². The fourth-order valence-electron chi connectivity index (χ4n) is 1.92. The number of carbonyl (C=O) groups is 1. The third-order valence-electron chi connectivity index (χ3n) is 2.67. The van der Waals surface area contributed by atoms with Gasteiger partial charge < -0.3 is 5.11 Å². The predicted octanol–water partition coefficient (Wildman–Crippen LogP) is 4.29. The van der Waals surface area contributed by atoms with Gasteiger partial charge in [-0.15, -0.1) is 0 Å². The lowest BCUT2D eigenvalue weighted by Crippen LogP contribution is -2.46. The summed E-state index contributed by atoms with van der Waals surface area (Å²) >= 11 is 3.37. The van der Waals surface area contributed by atoms with Crippen molar-refractivity contribution in [2.24, 2.45) is 0 Å². The maximum absolute atomic E-state index is 11.3. The van der Waals surface area contributed by atoms with Gasteiger partial charge in [0.2, 0.25) is 0 Å². The minimum absolute atomic E-state index is 0.166. The zero-order valence-electron chi connectivity index (χ0n) is 10.6. The van der Waals surface area contributed by atoms with Crippen molar-refractivity contribution in [3.63, 3.8) is 0 Å². The van der Waals surface area contributed by atoms with E-state index < -0.39 is 11.6 Å². The van der Waals surface area contributed by atoms with Gasteiger partial charge in [-0.2, -0.15) is 0 Å². The van der Waals surface area contributed by atoms with Gasteiger partial charge in [-0.25, -0.2) is 4.79 Å². The van der Waals surface area contributed by atoms with E-state index in [1.165, 1.54) is 4.90 Å². The predicted molar refractivity (Wildman–Crippen MR) is 72.2 cm³/mol. The molecule has 94 valence electrons. The van der Waals surface area contributed by atoms with Gasteiger partial charge in [0.15, 0.2) is 0 Å². The molecule has 3 nitrogen and oxygen atoms in total. The van der Waals surface area contributed by atoms with Crippen molar-refractivity contribution in [3.8, 4) is 0 Å². The van der Waals surface area contributed by atoms with E-state index in [0.717, 1.165) is 10.0 Å². The molecule has 0 fully saturated rings. The summed E-state index contributed by atoms with van der Waals surface area (Å²) in [7, 11) is 0. The zero-order valence-corrected chi connectivity index (χ0v) is 12.2. The second-order valence-corrected chi connectivity index (χ2v) is 5.97. The standard InChI is InChI=1S/C13H18BrNO2/c1-9(10-5-7-11(14)8-6-10)15(12(16)17)13(2,3)4/h5-9H,1-4H3,(H,16,17)/t9-/m1/s1. The van der Waals surface area contributed by atoms with E-state index in [2.05, 4.69) is 15.9 Å². The topological polar surface area (TPSA) is 40.5 Å². The Morgan fingerprint density at radius 1 is 1.29 bits per heavy atom. The average Bonchev–Trinajstić information content (AvgIpc) is 2.15. The largest absolute Gasteiger partial charge is 0.465 e. The third-order valence-corrected chi connectivity index (χ3v) is 3.20. The van der Waals surface area contributed by atoms with Crippen LogP contribution in [-0.2, 0) is 0 Å². The first-order valence-electron chi connectivity index (χ1n) is 5.51. The SMILES string of the molecule is C[C@H](c1ccc(Br)cc1)N(C(=O)O)C(C)(C)C. The molecular weight excluding hydrogens is 282 g/mol. The Labute approximate surface area is 111 Å². The van der Waals surface area contributed by atoms with Crippen LogP contribution in [0.4, 0.5) is 4.79 Å². The molecular formula is C13H18BrNO2. The number of hydrogen-bond donors (Lipinski definition) is 1. The van der Waals surface area contributed by atoms with Gasteiger partial charge >= 0.3 is 6.09 Å². The maximum atomic E-state index is 11.3. The first-order chi connectivity index (χ1) is 7.73. The summed E-state index contributed by atoms with van der Waals surface area (Å²) in [6, 6.07) is 7.57. The van der Waals surface area contributed by atoms with Crippen LogP contribution in [0.1, 0.15) is 39.3 Å². The molecule has 0 saturated heterocycles. The first-order valence-corrected chi connectivity index (χ1v) is 6.30. The zero-order chi connectivity index (χ0) is 13.2. The highest BCUT2D eigenvalue weighted by Crippen LogP contribution is 2.28. The molecule has 0 aliphatic heterocycles. The fraction of sp³-hybridized carbons (Fsp3) is 0.462. The Balaban J connectivity index is 3.04. The van der Waals surface area contributed by atoms with Crippen LogP contribution < -0.4 is 0 Å². The normalized spacial score (nSPS) is 13.2. The van der Waals surface area contributed by atoms with E-state index in [4.69, 9.17) is 0 Å². The molecule has 0 saturated carbocycles. The van der Waals surface area contributed by atoms with Gasteiger partial charge in [0.1, 0.15) is 0 Å². The lowest BCUT2D eigenvalue weighted by atomic mass is 10.00. The van der Waals surface area contributed by atoms with Crippen molar-refractivity contribution < 1.29 is 9.90 Å². The van der Waals surface area contributed by atoms with Crippen molar-refractivity contribution >= 4 is 22.0 Å². The van der Waals surface area contributed by atoms with Gasteiger partial charge in [0.25, 0.3) is 0 Å². The van der Waals surface area contributed by atoms with Crippen LogP contribution in [0.5, 0.6) is 0 Å². The number of amides is 1. The Hall–Kier alpha value is -1.03. The fourth-order valence-corrected chi connectivity index (χ4v) is 2.19. The molecule has 4 heteroatoms. The van der Waals surface area contributed by atoms with Crippen molar-refractivity contribution in [3.05, 3.63) is 34.3 Å². The molecule has 1 aromatic rings. The maximum Gasteiger partial charge on any atom is 0.408 e. The smallest absolute Gasteiger partial charge is 0.408 e.